The van der Waals surface area contributed by atoms with Gasteiger partial charge in [-0.05, 0) is 19.1 Å². The Hall–Kier alpha value is -2.71. The van der Waals surface area contributed by atoms with Gasteiger partial charge in [0.15, 0.2) is 23.1 Å². The molecule has 3 heterocycles. The fourth-order valence-corrected chi connectivity index (χ4v) is 2.20. The molecule has 3 rings (SSSR count). The normalized spacial score (nSPS) is 12.0. The van der Waals surface area contributed by atoms with E-state index in [9.17, 15) is 22.4 Å². The molecule has 0 saturated carbocycles. The van der Waals surface area contributed by atoms with E-state index in [0.717, 1.165) is 23.6 Å². The van der Waals surface area contributed by atoms with Crippen molar-refractivity contribution in [3.63, 3.8) is 0 Å². The first kappa shape index (κ1) is 14.2. The van der Waals surface area contributed by atoms with Crippen molar-refractivity contribution < 1.29 is 22.4 Å². The lowest BCUT2D eigenvalue weighted by molar-refractivity contribution is -0.143. The standard InChI is InChI=1S/C13H8F4N4O/c1-7(22)8-6-19-21(11(8)13(15,16)17)12-9(14)2-3-10-18-4-5-20(10)12/h2-6H,1H3. The van der Waals surface area contributed by atoms with Gasteiger partial charge in [0.1, 0.15) is 5.65 Å². The summed E-state index contributed by atoms with van der Waals surface area (Å²) in [7, 11) is 0. The van der Waals surface area contributed by atoms with E-state index in [4.69, 9.17) is 0 Å². The molecule has 0 aliphatic rings. The van der Waals surface area contributed by atoms with E-state index in [1.54, 1.807) is 0 Å². The van der Waals surface area contributed by atoms with Crippen LogP contribution in [0.15, 0.2) is 30.7 Å². The molecule has 0 radical (unpaired) electrons. The molecule has 0 atom stereocenters. The number of imidazole rings is 1. The molecule has 0 aliphatic carbocycles. The van der Waals surface area contributed by atoms with Crippen molar-refractivity contribution in [2.45, 2.75) is 13.1 Å². The average molecular weight is 312 g/mol. The Balaban J connectivity index is 2.39. The molecule has 0 aromatic carbocycles. The van der Waals surface area contributed by atoms with Crippen LogP contribution in [0.5, 0.6) is 0 Å². The summed E-state index contributed by atoms with van der Waals surface area (Å²) in [6.07, 6.45) is -1.46. The Morgan fingerprint density at radius 3 is 2.64 bits per heavy atom. The maximum Gasteiger partial charge on any atom is 0.434 e. The topological polar surface area (TPSA) is 52.2 Å². The first-order valence-corrected chi connectivity index (χ1v) is 6.09. The minimum atomic E-state index is -4.87. The van der Waals surface area contributed by atoms with Crippen LogP contribution in [0.4, 0.5) is 17.6 Å². The van der Waals surface area contributed by atoms with Crippen molar-refractivity contribution in [3.05, 3.63) is 47.8 Å². The maximum atomic E-state index is 14.1. The number of alkyl halides is 3. The van der Waals surface area contributed by atoms with Crippen LogP contribution < -0.4 is 0 Å². The number of hydrogen-bond donors (Lipinski definition) is 0. The van der Waals surface area contributed by atoms with Crippen LogP contribution in [-0.2, 0) is 6.18 Å². The molecule has 3 aromatic heterocycles. The van der Waals surface area contributed by atoms with Gasteiger partial charge in [-0.25, -0.2) is 14.1 Å². The average Bonchev–Trinajstić information content (AvgIpc) is 3.03. The number of ketones is 1. The van der Waals surface area contributed by atoms with Gasteiger partial charge in [0.25, 0.3) is 0 Å². The second-order valence-electron chi connectivity index (χ2n) is 4.53. The summed E-state index contributed by atoms with van der Waals surface area (Å²) in [6.45, 7) is 0.991. The zero-order chi connectivity index (χ0) is 16.1. The number of carbonyl (C=O) groups is 1. The molecule has 0 amide bonds. The fraction of sp³-hybridized carbons (Fsp3) is 0.154. The zero-order valence-electron chi connectivity index (χ0n) is 11.1. The Morgan fingerprint density at radius 2 is 2.00 bits per heavy atom. The number of halogens is 4. The number of pyridine rings is 1. The summed E-state index contributed by atoms with van der Waals surface area (Å²) < 4.78 is 55.5. The lowest BCUT2D eigenvalue weighted by Crippen LogP contribution is -2.19. The molecule has 114 valence electrons. The number of Topliss-reactive ketones (excluding diaryl/α,β-unsaturated/α-hetero) is 1. The molecule has 0 spiro atoms. The largest absolute Gasteiger partial charge is 0.434 e. The quantitative estimate of drug-likeness (QED) is 0.540. The van der Waals surface area contributed by atoms with E-state index in [2.05, 4.69) is 10.1 Å². The van der Waals surface area contributed by atoms with E-state index in [1.807, 2.05) is 0 Å². The summed E-state index contributed by atoms with van der Waals surface area (Å²) in [5.74, 6) is -2.19. The molecule has 22 heavy (non-hydrogen) atoms. The minimum absolute atomic E-state index is 0.254. The fourth-order valence-electron chi connectivity index (χ4n) is 2.20. The lowest BCUT2D eigenvalue weighted by atomic mass is 10.2. The van der Waals surface area contributed by atoms with Crippen LogP contribution in [0.25, 0.3) is 11.5 Å². The predicted octanol–water partition coefficient (Wildman–Crippen LogP) is 2.88. The van der Waals surface area contributed by atoms with Crippen LogP contribution in [0.2, 0.25) is 0 Å². The monoisotopic (exact) mass is 312 g/mol. The summed E-state index contributed by atoms with van der Waals surface area (Å²) in [5, 5.41) is 3.55. The van der Waals surface area contributed by atoms with Crippen molar-refractivity contribution in [3.8, 4) is 5.82 Å². The molecule has 0 bridgehead atoms. The third-order valence-corrected chi connectivity index (χ3v) is 3.11. The van der Waals surface area contributed by atoms with E-state index in [1.165, 1.54) is 18.5 Å². The van der Waals surface area contributed by atoms with Crippen LogP contribution in [0, 0.1) is 5.82 Å². The molecule has 0 aliphatic heterocycles. The van der Waals surface area contributed by atoms with Gasteiger partial charge in [-0.3, -0.25) is 9.20 Å². The molecular weight excluding hydrogens is 304 g/mol. The third-order valence-electron chi connectivity index (χ3n) is 3.11. The number of hydrogen-bond acceptors (Lipinski definition) is 3. The Morgan fingerprint density at radius 1 is 1.27 bits per heavy atom. The van der Waals surface area contributed by atoms with Gasteiger partial charge in [0, 0.05) is 12.4 Å². The van der Waals surface area contributed by atoms with Crippen LogP contribution in [0.3, 0.4) is 0 Å². The summed E-state index contributed by atoms with van der Waals surface area (Å²) in [6, 6.07) is 2.31. The second kappa shape index (κ2) is 4.65. The van der Waals surface area contributed by atoms with E-state index < -0.39 is 34.9 Å². The van der Waals surface area contributed by atoms with Crippen LogP contribution in [0.1, 0.15) is 23.0 Å². The van der Waals surface area contributed by atoms with Crippen molar-refractivity contribution in [2.75, 3.05) is 0 Å². The number of nitrogens with zero attached hydrogens (tertiary/aromatic N) is 4. The third kappa shape index (κ3) is 2.05. The van der Waals surface area contributed by atoms with Gasteiger partial charge < -0.3 is 0 Å². The number of aromatic nitrogens is 4. The van der Waals surface area contributed by atoms with E-state index >= 15 is 0 Å². The lowest BCUT2D eigenvalue weighted by Gasteiger charge is -2.13. The van der Waals surface area contributed by atoms with Gasteiger partial charge in [0.05, 0.1) is 11.8 Å². The van der Waals surface area contributed by atoms with E-state index in [0.29, 0.717) is 4.68 Å². The molecule has 0 N–H and O–H groups in total. The Kier molecular flexibility index (Phi) is 3.01. The van der Waals surface area contributed by atoms with Gasteiger partial charge >= 0.3 is 6.18 Å². The highest BCUT2D eigenvalue weighted by Gasteiger charge is 2.40. The Bertz CT molecular complexity index is 878. The molecule has 0 fully saturated rings. The van der Waals surface area contributed by atoms with Crippen LogP contribution in [-0.4, -0.2) is 24.9 Å². The summed E-state index contributed by atoms with van der Waals surface area (Å²) in [5.41, 5.74) is -1.69. The second-order valence-corrected chi connectivity index (χ2v) is 4.53. The molecular formula is C13H8F4N4O. The summed E-state index contributed by atoms with van der Waals surface area (Å²) >= 11 is 0. The highest BCUT2D eigenvalue weighted by atomic mass is 19.4. The summed E-state index contributed by atoms with van der Waals surface area (Å²) in [4.78, 5) is 15.3. The van der Waals surface area contributed by atoms with Gasteiger partial charge in [-0.1, -0.05) is 0 Å². The molecule has 3 aromatic rings. The highest BCUT2D eigenvalue weighted by molar-refractivity contribution is 5.95. The first-order valence-electron chi connectivity index (χ1n) is 6.09. The number of carbonyl (C=O) groups excluding carboxylic acids is 1. The van der Waals surface area contributed by atoms with Crippen LogP contribution >= 0.6 is 0 Å². The molecule has 9 heteroatoms. The van der Waals surface area contributed by atoms with Gasteiger partial charge in [-0.2, -0.15) is 18.3 Å². The maximum absolute atomic E-state index is 14.1. The first-order chi connectivity index (χ1) is 10.3. The van der Waals surface area contributed by atoms with Crippen molar-refractivity contribution in [2.24, 2.45) is 0 Å². The van der Waals surface area contributed by atoms with Gasteiger partial charge in [0.2, 0.25) is 0 Å². The van der Waals surface area contributed by atoms with Gasteiger partial charge in [-0.15, -0.1) is 0 Å². The number of rotatable bonds is 2. The smallest absolute Gasteiger partial charge is 0.294 e. The van der Waals surface area contributed by atoms with Crippen molar-refractivity contribution >= 4 is 11.4 Å². The molecule has 5 nitrogen and oxygen atoms in total. The minimum Gasteiger partial charge on any atom is -0.294 e. The number of fused-ring (bicyclic) bond motifs is 1. The molecule has 0 saturated heterocycles. The SMILES string of the molecule is CC(=O)c1cnn(-c2c(F)ccc3nccn23)c1C(F)(F)F. The predicted molar refractivity (Wildman–Crippen MR) is 67.3 cm³/mol. The molecule has 0 unspecified atom stereocenters. The van der Waals surface area contributed by atoms with E-state index in [-0.39, 0.29) is 5.65 Å². The Labute approximate surface area is 120 Å². The van der Waals surface area contributed by atoms with Crippen molar-refractivity contribution in [1.82, 2.24) is 19.2 Å². The zero-order valence-corrected chi connectivity index (χ0v) is 11.1. The highest BCUT2D eigenvalue weighted by Crippen LogP contribution is 2.34. The van der Waals surface area contributed by atoms with Crippen molar-refractivity contribution in [1.29, 1.82) is 0 Å².